The lowest BCUT2D eigenvalue weighted by molar-refractivity contribution is 0.0796. The summed E-state index contributed by atoms with van der Waals surface area (Å²) in [4.78, 5) is 13.3. The molecule has 0 aliphatic carbocycles. The number of hydrogen-bond donors (Lipinski definition) is 0. The average molecular weight is 315 g/mol. The van der Waals surface area contributed by atoms with Crippen molar-refractivity contribution in [1.82, 2.24) is 4.90 Å². The largest absolute Gasteiger partial charge is 0.445 e. The molecule has 0 saturated carbocycles. The molecule has 0 aliphatic rings. The number of carbonyl (C=O) groups excluding carboxylic acids is 1. The van der Waals surface area contributed by atoms with E-state index < -0.39 is 19.0 Å². The van der Waals surface area contributed by atoms with Gasteiger partial charge in [-0.1, -0.05) is 30.3 Å². The summed E-state index contributed by atoms with van der Waals surface area (Å²) in [6.07, 6.45) is -0.599. The summed E-state index contributed by atoms with van der Waals surface area (Å²) in [6.45, 7) is 3.35. The maximum Gasteiger partial charge on any atom is 0.410 e. The van der Waals surface area contributed by atoms with Crippen LogP contribution in [0.3, 0.4) is 0 Å². The van der Waals surface area contributed by atoms with Crippen LogP contribution in [-0.4, -0.2) is 37.5 Å². The monoisotopic (exact) mass is 315 g/mol. The summed E-state index contributed by atoms with van der Waals surface area (Å²) in [7, 11) is 0.607. The molecule has 1 aromatic carbocycles. The van der Waals surface area contributed by atoms with Gasteiger partial charge in [0.2, 0.25) is 0 Å². The number of ether oxygens (including phenoxy) is 1. The van der Waals surface area contributed by atoms with Crippen molar-refractivity contribution in [2.75, 3.05) is 21.3 Å². The summed E-state index contributed by atoms with van der Waals surface area (Å²) in [5.74, 6) is 0. The van der Waals surface area contributed by atoms with Crippen LogP contribution in [0.5, 0.6) is 0 Å². The van der Waals surface area contributed by atoms with E-state index in [0.717, 1.165) is 5.56 Å². The quantitative estimate of drug-likeness (QED) is 0.752. The molecular weight excluding hydrogens is 293 g/mol. The summed E-state index contributed by atoms with van der Waals surface area (Å²) < 4.78 is 27.7. The highest BCUT2D eigenvalue weighted by Gasteiger charge is 2.47. The van der Waals surface area contributed by atoms with Gasteiger partial charge < -0.3 is 13.8 Å². The first kappa shape index (κ1) is 17.7. The SMILES string of the molecule is COP(=O)(OC)C(C)(C)N(C)C(=O)OCc1ccccc1. The molecule has 0 heterocycles. The molecular formula is C14H22NO5P. The molecule has 7 heteroatoms. The first-order valence-electron chi connectivity index (χ1n) is 6.44. The van der Waals surface area contributed by atoms with Crippen LogP contribution >= 0.6 is 7.60 Å². The summed E-state index contributed by atoms with van der Waals surface area (Å²) in [5, 5.41) is -1.15. The van der Waals surface area contributed by atoms with Crippen molar-refractivity contribution in [3.8, 4) is 0 Å². The number of hydrogen-bond acceptors (Lipinski definition) is 5. The smallest absolute Gasteiger partial charge is 0.410 e. The summed E-state index contributed by atoms with van der Waals surface area (Å²) in [6, 6.07) is 9.32. The van der Waals surface area contributed by atoms with Crippen molar-refractivity contribution in [2.45, 2.75) is 25.7 Å². The van der Waals surface area contributed by atoms with Crippen LogP contribution in [-0.2, 0) is 25.0 Å². The van der Waals surface area contributed by atoms with E-state index in [4.69, 9.17) is 13.8 Å². The van der Waals surface area contributed by atoms with Crippen LogP contribution in [0.4, 0.5) is 4.79 Å². The van der Waals surface area contributed by atoms with Crippen molar-refractivity contribution in [3.05, 3.63) is 35.9 Å². The van der Waals surface area contributed by atoms with E-state index in [1.165, 1.54) is 26.2 Å². The molecule has 0 saturated heterocycles. The molecule has 0 bridgehead atoms. The highest BCUT2D eigenvalue weighted by atomic mass is 31.2. The zero-order chi connectivity index (χ0) is 16.1. The molecule has 0 spiro atoms. The van der Waals surface area contributed by atoms with Gasteiger partial charge in [-0.25, -0.2) is 4.79 Å². The third-order valence-electron chi connectivity index (χ3n) is 3.45. The first-order valence-corrected chi connectivity index (χ1v) is 7.99. The van der Waals surface area contributed by atoms with E-state index >= 15 is 0 Å². The second-order valence-corrected chi connectivity index (χ2v) is 7.78. The topological polar surface area (TPSA) is 65.1 Å². The molecule has 0 aliphatic heterocycles. The predicted octanol–water partition coefficient (Wildman–Crippen LogP) is 3.48. The normalized spacial score (nSPS) is 12.0. The minimum Gasteiger partial charge on any atom is -0.445 e. The van der Waals surface area contributed by atoms with E-state index in [2.05, 4.69) is 0 Å². The van der Waals surface area contributed by atoms with E-state index in [0.29, 0.717) is 0 Å². The Morgan fingerprint density at radius 1 is 1.19 bits per heavy atom. The van der Waals surface area contributed by atoms with Gasteiger partial charge >= 0.3 is 13.7 Å². The minimum atomic E-state index is -3.46. The minimum absolute atomic E-state index is 0.143. The maximum atomic E-state index is 12.5. The fraction of sp³-hybridized carbons (Fsp3) is 0.500. The lowest BCUT2D eigenvalue weighted by Crippen LogP contribution is -2.45. The number of amides is 1. The lowest BCUT2D eigenvalue weighted by Gasteiger charge is -2.38. The third-order valence-corrected chi connectivity index (χ3v) is 6.05. The van der Waals surface area contributed by atoms with Crippen LogP contribution in [0.25, 0.3) is 0 Å². The van der Waals surface area contributed by atoms with Crippen molar-refractivity contribution >= 4 is 13.7 Å². The second-order valence-electron chi connectivity index (χ2n) is 4.96. The number of benzene rings is 1. The van der Waals surface area contributed by atoms with E-state index in [9.17, 15) is 9.36 Å². The Kier molecular flexibility index (Phi) is 5.96. The van der Waals surface area contributed by atoms with Crippen molar-refractivity contribution < 1.29 is 23.1 Å². The number of nitrogens with zero attached hydrogens (tertiary/aromatic N) is 1. The standard InChI is InChI=1S/C14H22NO5P/c1-14(2,21(17,18-4)19-5)15(3)13(16)20-11-12-9-7-6-8-10-12/h6-10H,11H2,1-5H3. The van der Waals surface area contributed by atoms with Crippen LogP contribution in [0.15, 0.2) is 30.3 Å². The molecule has 118 valence electrons. The van der Waals surface area contributed by atoms with Crippen LogP contribution in [0.2, 0.25) is 0 Å². The van der Waals surface area contributed by atoms with E-state index in [-0.39, 0.29) is 6.61 Å². The Balaban J connectivity index is 2.75. The van der Waals surface area contributed by atoms with E-state index in [1.54, 1.807) is 13.8 Å². The second kappa shape index (κ2) is 7.07. The van der Waals surface area contributed by atoms with Gasteiger partial charge in [0.05, 0.1) is 0 Å². The molecule has 1 rings (SSSR count). The van der Waals surface area contributed by atoms with Crippen molar-refractivity contribution in [1.29, 1.82) is 0 Å². The van der Waals surface area contributed by atoms with Gasteiger partial charge in [-0.05, 0) is 19.4 Å². The molecule has 6 nitrogen and oxygen atoms in total. The zero-order valence-electron chi connectivity index (χ0n) is 13.0. The molecule has 0 unspecified atom stereocenters. The van der Waals surface area contributed by atoms with Crippen molar-refractivity contribution in [2.24, 2.45) is 0 Å². The number of carbonyl (C=O) groups is 1. The first-order chi connectivity index (χ1) is 9.78. The van der Waals surface area contributed by atoms with Gasteiger partial charge in [-0.2, -0.15) is 0 Å². The van der Waals surface area contributed by atoms with Crippen LogP contribution in [0.1, 0.15) is 19.4 Å². The van der Waals surface area contributed by atoms with Gasteiger partial charge in [0, 0.05) is 21.3 Å². The predicted molar refractivity (Wildman–Crippen MR) is 80.1 cm³/mol. The Morgan fingerprint density at radius 3 is 2.19 bits per heavy atom. The molecule has 1 aromatic rings. The number of rotatable bonds is 6. The highest BCUT2D eigenvalue weighted by Crippen LogP contribution is 2.59. The van der Waals surface area contributed by atoms with Gasteiger partial charge in [-0.15, -0.1) is 0 Å². The Morgan fingerprint density at radius 2 is 1.71 bits per heavy atom. The van der Waals surface area contributed by atoms with Gasteiger partial charge in [0.25, 0.3) is 0 Å². The zero-order valence-corrected chi connectivity index (χ0v) is 13.9. The fourth-order valence-electron chi connectivity index (χ4n) is 1.74. The maximum absolute atomic E-state index is 12.5. The van der Waals surface area contributed by atoms with Gasteiger partial charge in [0.15, 0.2) is 0 Å². The lowest BCUT2D eigenvalue weighted by atomic mass is 10.2. The highest BCUT2D eigenvalue weighted by molar-refractivity contribution is 7.55. The molecule has 1 amide bonds. The van der Waals surface area contributed by atoms with Gasteiger partial charge in [-0.3, -0.25) is 9.46 Å². The summed E-state index contributed by atoms with van der Waals surface area (Å²) in [5.41, 5.74) is 0.874. The molecule has 0 aromatic heterocycles. The van der Waals surface area contributed by atoms with Crippen LogP contribution in [0, 0.1) is 0 Å². The molecule has 0 radical (unpaired) electrons. The summed E-state index contributed by atoms with van der Waals surface area (Å²) >= 11 is 0. The fourth-order valence-corrected chi connectivity index (χ4v) is 3.24. The Hall–Kier alpha value is -1.36. The Bertz CT molecular complexity index is 509. The molecule has 0 fully saturated rings. The van der Waals surface area contributed by atoms with Gasteiger partial charge in [0.1, 0.15) is 11.9 Å². The Labute approximate surface area is 125 Å². The molecule has 21 heavy (non-hydrogen) atoms. The third kappa shape index (κ3) is 3.84. The van der Waals surface area contributed by atoms with E-state index in [1.807, 2.05) is 30.3 Å². The van der Waals surface area contributed by atoms with Crippen LogP contribution < -0.4 is 0 Å². The molecule has 0 N–H and O–H groups in total. The average Bonchev–Trinajstić information content (AvgIpc) is 2.51. The molecule has 0 atom stereocenters. The van der Waals surface area contributed by atoms with Crippen molar-refractivity contribution in [3.63, 3.8) is 0 Å².